The molecule has 9 heteroatoms. The van der Waals surface area contributed by atoms with Crippen molar-refractivity contribution in [2.45, 2.75) is 0 Å². The Morgan fingerprint density at radius 1 is 1.27 bits per heavy atom. The Morgan fingerprint density at radius 2 is 1.82 bits per heavy atom. The first-order chi connectivity index (χ1) is 10.2. The second-order valence-corrected chi connectivity index (χ2v) is 4.20. The van der Waals surface area contributed by atoms with Crippen molar-refractivity contribution >= 4 is 23.8 Å². The Labute approximate surface area is 128 Å². The second-order valence-electron chi connectivity index (χ2n) is 4.20. The van der Waals surface area contributed by atoms with Crippen LogP contribution in [0.5, 0.6) is 0 Å². The van der Waals surface area contributed by atoms with Crippen LogP contribution in [0.15, 0.2) is 35.3 Å². The average Bonchev–Trinajstić information content (AvgIpc) is 2.45. The molecule has 0 radical (unpaired) electrons. The Hall–Kier alpha value is -3.10. The first kappa shape index (κ1) is 18.9. The zero-order valence-electron chi connectivity index (χ0n) is 12.4. The molecule has 1 rings (SSSR count). The van der Waals surface area contributed by atoms with Crippen LogP contribution in [0.3, 0.4) is 0 Å². The molecule has 0 atom stereocenters. The highest BCUT2D eigenvalue weighted by Gasteiger charge is 2.04. The topological polar surface area (TPSA) is 158 Å². The van der Waals surface area contributed by atoms with Gasteiger partial charge < -0.3 is 26.8 Å². The van der Waals surface area contributed by atoms with Crippen molar-refractivity contribution in [2.24, 2.45) is 16.5 Å². The molecule has 7 N–H and O–H groups in total. The van der Waals surface area contributed by atoms with Crippen molar-refractivity contribution in [1.82, 2.24) is 10.2 Å². The van der Waals surface area contributed by atoms with Crippen LogP contribution in [0.1, 0.15) is 10.4 Å². The molecule has 0 bridgehead atoms. The number of guanidine groups is 2. The molecule has 0 saturated heterocycles. The van der Waals surface area contributed by atoms with Gasteiger partial charge in [-0.2, -0.15) is 4.99 Å². The monoisotopic (exact) mass is 308 g/mol. The summed E-state index contributed by atoms with van der Waals surface area (Å²) in [6, 6.07) is 8.47. The van der Waals surface area contributed by atoms with E-state index in [0.717, 1.165) is 0 Å². The molecule has 0 saturated carbocycles. The van der Waals surface area contributed by atoms with E-state index in [4.69, 9.17) is 22.0 Å². The molecule has 0 heterocycles. The molecule has 0 aliphatic carbocycles. The van der Waals surface area contributed by atoms with Crippen molar-refractivity contribution in [2.75, 3.05) is 20.6 Å². The van der Waals surface area contributed by atoms with E-state index < -0.39 is 5.97 Å². The lowest BCUT2D eigenvalue weighted by molar-refractivity contribution is -0.135. The number of hydrogen-bond acceptors (Lipinski definition) is 3. The fraction of sp³-hybridized carbons (Fsp3) is 0.231. The largest absolute Gasteiger partial charge is 0.480 e. The first-order valence-electron chi connectivity index (χ1n) is 6.14. The molecule has 0 unspecified atom stereocenters. The maximum Gasteiger partial charge on any atom is 0.322 e. The van der Waals surface area contributed by atoms with E-state index in [-0.39, 0.29) is 24.4 Å². The minimum absolute atomic E-state index is 0.0509. The molecule has 0 spiro atoms. The standard InChI is InChI=1S/C9H9NO3.C4H11N5/c11-8(12)6-10-9(13)7-4-2-1-3-5-7;1-9(2)4(7)8-3(5)6/h1-5H,6H2,(H,10,13)(H,11,12);1-2H3,(H5,5,6,7,8). The van der Waals surface area contributed by atoms with Gasteiger partial charge in [0.2, 0.25) is 5.96 Å². The number of carbonyl (C=O) groups excluding carboxylic acids is 1. The van der Waals surface area contributed by atoms with Crippen LogP contribution in [0, 0.1) is 5.41 Å². The highest BCUT2D eigenvalue weighted by molar-refractivity contribution is 5.95. The zero-order chi connectivity index (χ0) is 17.1. The van der Waals surface area contributed by atoms with Gasteiger partial charge in [-0.3, -0.25) is 15.0 Å². The number of hydrogen-bond donors (Lipinski definition) is 5. The van der Waals surface area contributed by atoms with Gasteiger partial charge in [-0.25, -0.2) is 0 Å². The zero-order valence-corrected chi connectivity index (χ0v) is 12.4. The number of aliphatic carboxylic acids is 1. The number of amides is 1. The third kappa shape index (κ3) is 8.91. The maximum atomic E-state index is 11.2. The van der Waals surface area contributed by atoms with Crippen LogP contribution >= 0.6 is 0 Å². The SMILES string of the molecule is CN(C)C(=N)N=C(N)N.O=C(O)CNC(=O)c1ccccc1. The quantitative estimate of drug-likeness (QED) is 0.365. The Kier molecular flexibility index (Phi) is 8.38. The van der Waals surface area contributed by atoms with E-state index in [1.807, 2.05) is 0 Å². The lowest BCUT2D eigenvalue weighted by Gasteiger charge is -2.07. The normalized spacial score (nSPS) is 8.82. The molecule has 120 valence electrons. The van der Waals surface area contributed by atoms with Crippen LogP contribution in [-0.2, 0) is 4.79 Å². The van der Waals surface area contributed by atoms with Crippen LogP contribution in [-0.4, -0.2) is 54.4 Å². The number of benzene rings is 1. The molecule has 0 aliphatic heterocycles. The van der Waals surface area contributed by atoms with Gasteiger partial charge in [0.1, 0.15) is 6.54 Å². The van der Waals surface area contributed by atoms with Crippen LogP contribution < -0.4 is 16.8 Å². The molecule has 22 heavy (non-hydrogen) atoms. The smallest absolute Gasteiger partial charge is 0.322 e. The van der Waals surface area contributed by atoms with Crippen molar-refractivity contribution in [3.63, 3.8) is 0 Å². The summed E-state index contributed by atoms with van der Waals surface area (Å²) in [7, 11) is 3.38. The second kappa shape index (κ2) is 9.75. The van der Waals surface area contributed by atoms with Crippen LogP contribution in [0.25, 0.3) is 0 Å². The number of rotatable bonds is 3. The fourth-order valence-electron chi connectivity index (χ4n) is 1.07. The summed E-state index contributed by atoms with van der Waals surface area (Å²) in [5.41, 5.74) is 10.4. The third-order valence-corrected chi connectivity index (χ3v) is 2.09. The van der Waals surface area contributed by atoms with Gasteiger partial charge in [0, 0.05) is 19.7 Å². The molecule has 0 aliphatic rings. The lowest BCUT2D eigenvalue weighted by atomic mass is 10.2. The van der Waals surface area contributed by atoms with Gasteiger partial charge in [0.05, 0.1) is 0 Å². The lowest BCUT2D eigenvalue weighted by Crippen LogP contribution is -2.29. The van der Waals surface area contributed by atoms with E-state index in [1.54, 1.807) is 44.4 Å². The summed E-state index contributed by atoms with van der Waals surface area (Å²) in [5.74, 6) is -1.46. The van der Waals surface area contributed by atoms with Crippen molar-refractivity contribution in [1.29, 1.82) is 5.41 Å². The summed E-state index contributed by atoms with van der Waals surface area (Å²) in [5, 5.41) is 17.6. The van der Waals surface area contributed by atoms with Crippen LogP contribution in [0.2, 0.25) is 0 Å². The van der Waals surface area contributed by atoms with E-state index in [1.165, 1.54) is 4.90 Å². The number of nitrogens with two attached hydrogens (primary N) is 2. The first-order valence-corrected chi connectivity index (χ1v) is 6.14. The van der Waals surface area contributed by atoms with Gasteiger partial charge in [-0.15, -0.1) is 0 Å². The van der Waals surface area contributed by atoms with E-state index >= 15 is 0 Å². The van der Waals surface area contributed by atoms with E-state index in [0.29, 0.717) is 5.56 Å². The molecule has 9 nitrogen and oxygen atoms in total. The summed E-state index contributed by atoms with van der Waals surface area (Å²) in [4.78, 5) is 26.3. The van der Waals surface area contributed by atoms with Gasteiger partial charge in [0.25, 0.3) is 5.91 Å². The maximum absolute atomic E-state index is 11.2. The Balaban J connectivity index is 0.000000433. The molecule has 0 aromatic heterocycles. The molecular formula is C13H20N6O3. The van der Waals surface area contributed by atoms with Crippen LogP contribution in [0.4, 0.5) is 0 Å². The van der Waals surface area contributed by atoms with Crippen molar-refractivity contribution < 1.29 is 14.7 Å². The molecule has 1 aromatic rings. The third-order valence-electron chi connectivity index (χ3n) is 2.09. The van der Waals surface area contributed by atoms with E-state index in [2.05, 4.69) is 10.3 Å². The molecular weight excluding hydrogens is 288 g/mol. The van der Waals surface area contributed by atoms with Gasteiger partial charge in [0.15, 0.2) is 5.96 Å². The summed E-state index contributed by atoms with van der Waals surface area (Å²) >= 11 is 0. The minimum atomic E-state index is -1.05. The number of nitrogens with zero attached hydrogens (tertiary/aromatic N) is 2. The number of carboxylic acid groups (broad SMARTS) is 1. The molecule has 0 fully saturated rings. The summed E-state index contributed by atoms with van der Waals surface area (Å²) in [6.45, 7) is -0.353. The predicted molar refractivity (Wildman–Crippen MR) is 83.6 cm³/mol. The number of carbonyl (C=O) groups is 2. The summed E-state index contributed by atoms with van der Waals surface area (Å²) in [6.07, 6.45) is 0. The average molecular weight is 308 g/mol. The van der Waals surface area contributed by atoms with E-state index in [9.17, 15) is 9.59 Å². The van der Waals surface area contributed by atoms with Gasteiger partial charge >= 0.3 is 5.97 Å². The Bertz CT molecular complexity index is 538. The van der Waals surface area contributed by atoms with Gasteiger partial charge in [-0.05, 0) is 12.1 Å². The van der Waals surface area contributed by atoms with Crippen molar-refractivity contribution in [3.8, 4) is 0 Å². The number of aliphatic imine (C=N–C) groups is 1. The number of nitrogens with one attached hydrogen (secondary N) is 2. The minimum Gasteiger partial charge on any atom is -0.480 e. The predicted octanol–water partition coefficient (Wildman–Crippen LogP) is -0.743. The fourth-order valence-corrected chi connectivity index (χ4v) is 1.07. The summed E-state index contributed by atoms with van der Waals surface area (Å²) < 4.78 is 0. The highest BCUT2D eigenvalue weighted by Crippen LogP contribution is 1.96. The highest BCUT2D eigenvalue weighted by atomic mass is 16.4. The Morgan fingerprint density at radius 3 is 2.18 bits per heavy atom. The molecule has 1 aromatic carbocycles. The van der Waals surface area contributed by atoms with Gasteiger partial charge in [-0.1, -0.05) is 18.2 Å². The van der Waals surface area contributed by atoms with Crippen molar-refractivity contribution in [3.05, 3.63) is 35.9 Å². The number of carboxylic acids is 1. The molecule has 1 amide bonds.